The molecule has 0 spiro atoms. The van der Waals surface area contributed by atoms with Gasteiger partial charge in [0.15, 0.2) is 0 Å². The number of halogens is 1. The van der Waals surface area contributed by atoms with Gasteiger partial charge in [0, 0.05) is 0 Å². The number of phenols is 1. The predicted octanol–water partition coefficient (Wildman–Crippen LogP) is 1.83. The Morgan fingerprint density at radius 2 is 1.65 bits per heavy atom. The number of aromatic hydroxyl groups is 1. The maximum Gasteiger partial charge on any atom is 0.501 e. The Morgan fingerprint density at radius 1 is 1.12 bits per heavy atom. The van der Waals surface area contributed by atoms with Gasteiger partial charge in [-0.1, -0.05) is 6.07 Å². The number of hydrogen-bond donors (Lipinski definition) is 1. The average molecular weight is 238 g/mol. The van der Waals surface area contributed by atoms with Gasteiger partial charge in [-0.15, -0.1) is 0 Å². The molecule has 1 aromatic carbocycles. The number of hydrogen-bond acceptors (Lipinski definition) is 3. The van der Waals surface area contributed by atoms with E-state index in [4.69, 9.17) is 9.31 Å². The van der Waals surface area contributed by atoms with Crippen molar-refractivity contribution in [2.75, 3.05) is 0 Å². The molecule has 3 nitrogen and oxygen atoms in total. The quantitative estimate of drug-likeness (QED) is 0.758. The molecule has 92 valence electrons. The van der Waals surface area contributed by atoms with Gasteiger partial charge in [-0.2, -0.15) is 0 Å². The Morgan fingerprint density at radius 3 is 2.12 bits per heavy atom. The summed E-state index contributed by atoms with van der Waals surface area (Å²) >= 11 is 0. The van der Waals surface area contributed by atoms with Crippen molar-refractivity contribution in [2.45, 2.75) is 38.9 Å². The topological polar surface area (TPSA) is 38.7 Å². The molecule has 0 saturated carbocycles. The summed E-state index contributed by atoms with van der Waals surface area (Å²) in [6.07, 6.45) is 0. The summed E-state index contributed by atoms with van der Waals surface area (Å²) < 4.78 is 25.1. The molecule has 1 N–H and O–H groups in total. The summed E-state index contributed by atoms with van der Waals surface area (Å²) in [6, 6.07) is 4.14. The molecule has 0 aromatic heterocycles. The van der Waals surface area contributed by atoms with E-state index in [0.29, 0.717) is 0 Å². The Balaban J connectivity index is 2.39. The monoisotopic (exact) mass is 238 g/mol. The molecule has 2 rings (SSSR count). The lowest BCUT2D eigenvalue weighted by Gasteiger charge is -2.32. The van der Waals surface area contributed by atoms with Gasteiger partial charge in [0.2, 0.25) is 0 Å². The third kappa shape index (κ3) is 1.94. The van der Waals surface area contributed by atoms with Crippen LogP contribution in [-0.2, 0) is 9.31 Å². The summed E-state index contributed by atoms with van der Waals surface area (Å²) in [5.41, 5.74) is -1.04. The second-order valence-corrected chi connectivity index (χ2v) is 5.26. The van der Waals surface area contributed by atoms with Crippen molar-refractivity contribution in [3.05, 3.63) is 24.0 Å². The smallest absolute Gasteiger partial charge is 0.501 e. The van der Waals surface area contributed by atoms with Crippen LogP contribution in [-0.4, -0.2) is 23.4 Å². The van der Waals surface area contributed by atoms with Crippen molar-refractivity contribution < 1.29 is 18.8 Å². The Hall–Kier alpha value is -1.07. The van der Waals surface area contributed by atoms with E-state index >= 15 is 0 Å². The lowest BCUT2D eigenvalue weighted by Crippen LogP contribution is -2.41. The van der Waals surface area contributed by atoms with E-state index in [2.05, 4.69) is 0 Å². The van der Waals surface area contributed by atoms with E-state index in [-0.39, 0.29) is 11.2 Å². The van der Waals surface area contributed by atoms with Crippen LogP contribution in [0.3, 0.4) is 0 Å². The molecule has 0 amide bonds. The minimum absolute atomic E-state index is 0.0613. The van der Waals surface area contributed by atoms with Crippen molar-refractivity contribution in [3.63, 3.8) is 0 Å². The summed E-state index contributed by atoms with van der Waals surface area (Å²) in [5.74, 6) is -0.674. The molecule has 0 atom stereocenters. The fourth-order valence-electron chi connectivity index (χ4n) is 1.72. The highest BCUT2D eigenvalue weighted by Crippen LogP contribution is 2.37. The van der Waals surface area contributed by atoms with Crippen LogP contribution < -0.4 is 5.46 Å². The molecule has 17 heavy (non-hydrogen) atoms. The zero-order valence-electron chi connectivity index (χ0n) is 10.5. The standard InChI is InChI=1S/C12H16BFO3/c1-11(2)12(3,4)17-13(16-11)10-8(14)6-5-7-9(10)15/h5-7,15H,1-4H3. The molecule has 0 unspecified atom stereocenters. The summed E-state index contributed by atoms with van der Waals surface area (Å²) in [4.78, 5) is 0. The van der Waals surface area contributed by atoms with E-state index in [1.165, 1.54) is 18.2 Å². The second kappa shape index (κ2) is 3.72. The summed E-state index contributed by atoms with van der Waals surface area (Å²) in [6.45, 7) is 7.52. The van der Waals surface area contributed by atoms with E-state index in [9.17, 15) is 9.50 Å². The van der Waals surface area contributed by atoms with Crippen LogP contribution in [0.2, 0.25) is 0 Å². The van der Waals surface area contributed by atoms with E-state index < -0.39 is 24.1 Å². The second-order valence-electron chi connectivity index (χ2n) is 5.26. The average Bonchev–Trinajstić information content (AvgIpc) is 2.35. The highest BCUT2D eigenvalue weighted by atomic mass is 19.1. The molecule has 0 bridgehead atoms. The molecule has 0 radical (unpaired) electrons. The van der Waals surface area contributed by atoms with Crippen molar-refractivity contribution >= 4 is 12.6 Å². The van der Waals surface area contributed by atoms with Gasteiger partial charge in [0.25, 0.3) is 0 Å². The first kappa shape index (κ1) is 12.4. The first-order valence-electron chi connectivity index (χ1n) is 5.57. The maximum absolute atomic E-state index is 13.7. The predicted molar refractivity (Wildman–Crippen MR) is 63.8 cm³/mol. The molecule has 1 fully saturated rings. The van der Waals surface area contributed by atoms with Gasteiger partial charge < -0.3 is 14.4 Å². The third-order valence-corrected chi connectivity index (χ3v) is 3.52. The van der Waals surface area contributed by atoms with Gasteiger partial charge >= 0.3 is 7.12 Å². The first-order valence-corrected chi connectivity index (χ1v) is 5.57. The molecule has 1 aliphatic heterocycles. The Labute approximate surface area is 101 Å². The first-order chi connectivity index (χ1) is 7.74. The zero-order valence-corrected chi connectivity index (χ0v) is 10.5. The van der Waals surface area contributed by atoms with Gasteiger partial charge in [-0.3, -0.25) is 0 Å². The SMILES string of the molecule is CC1(C)OB(c2c(O)cccc2F)OC1(C)C. The van der Waals surface area contributed by atoms with Crippen molar-refractivity contribution in [2.24, 2.45) is 0 Å². The van der Waals surface area contributed by atoms with Crippen molar-refractivity contribution in [3.8, 4) is 5.75 Å². The molecule has 5 heteroatoms. The van der Waals surface area contributed by atoms with Gasteiger partial charge in [-0.05, 0) is 39.8 Å². The Kier molecular flexibility index (Phi) is 2.71. The van der Waals surface area contributed by atoms with Crippen LogP contribution in [0.5, 0.6) is 5.75 Å². The minimum atomic E-state index is -0.874. The lowest BCUT2D eigenvalue weighted by molar-refractivity contribution is 0.00578. The molecule has 0 aliphatic carbocycles. The van der Waals surface area contributed by atoms with Gasteiger partial charge in [0.05, 0.1) is 16.7 Å². The molecular weight excluding hydrogens is 222 g/mol. The van der Waals surface area contributed by atoms with Crippen molar-refractivity contribution in [1.82, 2.24) is 0 Å². The van der Waals surface area contributed by atoms with Crippen LogP contribution in [0.4, 0.5) is 4.39 Å². The normalized spacial score (nSPS) is 21.8. The van der Waals surface area contributed by atoms with Crippen molar-refractivity contribution in [1.29, 1.82) is 0 Å². The molecule has 1 aliphatic rings. The molecular formula is C12H16BFO3. The van der Waals surface area contributed by atoms with Crippen LogP contribution in [0.15, 0.2) is 18.2 Å². The number of benzene rings is 1. The largest absolute Gasteiger partial charge is 0.508 e. The molecule has 1 aromatic rings. The van der Waals surface area contributed by atoms with Crippen LogP contribution in [0, 0.1) is 5.82 Å². The minimum Gasteiger partial charge on any atom is -0.508 e. The van der Waals surface area contributed by atoms with Gasteiger partial charge in [-0.25, -0.2) is 4.39 Å². The highest BCUT2D eigenvalue weighted by Gasteiger charge is 2.53. The van der Waals surface area contributed by atoms with Gasteiger partial charge in [0.1, 0.15) is 11.6 Å². The van der Waals surface area contributed by atoms with E-state index in [1.807, 2.05) is 27.7 Å². The molecule has 1 heterocycles. The number of phenolic OH excluding ortho intramolecular Hbond substituents is 1. The van der Waals surface area contributed by atoms with Crippen LogP contribution in [0.1, 0.15) is 27.7 Å². The lowest BCUT2D eigenvalue weighted by atomic mass is 9.78. The summed E-state index contributed by atoms with van der Waals surface area (Å²) in [7, 11) is -0.874. The van der Waals surface area contributed by atoms with Crippen LogP contribution >= 0.6 is 0 Å². The fourth-order valence-corrected chi connectivity index (χ4v) is 1.72. The zero-order chi connectivity index (χ0) is 12.8. The number of rotatable bonds is 1. The summed E-state index contributed by atoms with van der Waals surface area (Å²) in [5, 5.41) is 9.69. The molecule has 1 saturated heterocycles. The third-order valence-electron chi connectivity index (χ3n) is 3.52. The maximum atomic E-state index is 13.7. The fraction of sp³-hybridized carbons (Fsp3) is 0.500. The Bertz CT molecular complexity index is 409. The van der Waals surface area contributed by atoms with E-state index in [0.717, 1.165) is 0 Å². The van der Waals surface area contributed by atoms with E-state index in [1.54, 1.807) is 0 Å². The van der Waals surface area contributed by atoms with Crippen LogP contribution in [0.25, 0.3) is 0 Å². The highest BCUT2D eigenvalue weighted by molar-refractivity contribution is 6.63.